The monoisotopic (exact) mass is 841 g/mol. The Kier molecular flexibility index (Phi) is 32.3. The molecule has 0 aromatic rings. The van der Waals surface area contributed by atoms with Gasteiger partial charge in [0.1, 0.15) is 36.8 Å². The first-order chi connectivity index (χ1) is 28.0. The van der Waals surface area contributed by atoms with Gasteiger partial charge in [0.2, 0.25) is 0 Å². The van der Waals surface area contributed by atoms with Crippen LogP contribution in [0.3, 0.4) is 0 Å². The molecule has 0 spiro atoms. The van der Waals surface area contributed by atoms with Crippen molar-refractivity contribution in [2.75, 3.05) is 19.0 Å². The van der Waals surface area contributed by atoms with Crippen LogP contribution in [0.15, 0.2) is 60.8 Å². The number of aliphatic hydroxyl groups excluding tert-OH is 3. The molecule has 0 radical (unpaired) electrons. The fourth-order valence-corrected chi connectivity index (χ4v) is 6.93. The number of hydrogen-bond acceptors (Lipinski definition) is 11. The zero-order valence-corrected chi connectivity index (χ0v) is 36.2. The lowest BCUT2D eigenvalue weighted by atomic mass is 10.00. The first-order valence-electron chi connectivity index (χ1n) is 21.8. The highest BCUT2D eigenvalue weighted by molar-refractivity contribution is 7.85. The SMILES string of the molecule is CC/C=C\C/C=C\C/C=C\C/C=C\C/C=C\CCCC(=O)OC(COC(=O)CCCCCCCCCCCCCCC)COC1OC(CS(=O)(=O)O)C(O)C(O)C1O. The molecule has 1 saturated heterocycles. The zero-order chi connectivity index (χ0) is 42.7. The molecule has 1 aliphatic heterocycles. The Morgan fingerprint density at radius 3 is 1.60 bits per heavy atom. The fourth-order valence-electron chi connectivity index (χ4n) is 6.24. The highest BCUT2D eigenvalue weighted by Crippen LogP contribution is 2.24. The lowest BCUT2D eigenvalue weighted by molar-refractivity contribution is -0.297. The summed E-state index contributed by atoms with van der Waals surface area (Å²) >= 11 is 0. The van der Waals surface area contributed by atoms with E-state index in [-0.39, 0.29) is 19.4 Å². The van der Waals surface area contributed by atoms with Crippen LogP contribution in [0.2, 0.25) is 0 Å². The molecule has 6 atom stereocenters. The average molecular weight is 841 g/mol. The molecule has 13 heteroatoms. The Labute approximate surface area is 349 Å². The summed E-state index contributed by atoms with van der Waals surface area (Å²) in [5, 5.41) is 30.8. The number of unbranched alkanes of at least 4 members (excludes halogenated alkanes) is 13. The minimum Gasteiger partial charge on any atom is -0.462 e. The van der Waals surface area contributed by atoms with Crippen molar-refractivity contribution in [3.05, 3.63) is 60.8 Å². The van der Waals surface area contributed by atoms with Crippen LogP contribution in [0.25, 0.3) is 0 Å². The molecule has 1 fully saturated rings. The second kappa shape index (κ2) is 35.1. The van der Waals surface area contributed by atoms with Crippen LogP contribution < -0.4 is 0 Å². The standard InChI is InChI=1S/C45H76O12S/c1-3-5-7-9-11-13-15-17-18-19-20-22-24-26-28-30-32-34-41(47)56-38(36-55-45-44(50)43(49)42(48)39(57-45)37-58(51,52)53)35-54-40(46)33-31-29-27-25-23-21-16-14-12-10-8-6-4-2/h5,7,11,13,17-18,20,22,26,28,38-39,42-45,48-50H,3-4,6,8-10,12,14-16,19,21,23-25,27,29-37H2,1-2H3,(H,51,52,53)/b7-5-,13-11-,18-17-,22-20-,28-26-. The molecular formula is C45H76O12S. The summed E-state index contributed by atoms with van der Waals surface area (Å²) < 4.78 is 53.9. The van der Waals surface area contributed by atoms with E-state index in [2.05, 4.69) is 62.5 Å². The number of esters is 2. The highest BCUT2D eigenvalue weighted by atomic mass is 32.2. The minimum atomic E-state index is -4.61. The van der Waals surface area contributed by atoms with E-state index in [1.54, 1.807) is 0 Å². The van der Waals surface area contributed by atoms with Crippen LogP contribution in [0.5, 0.6) is 0 Å². The molecule has 0 saturated carbocycles. The van der Waals surface area contributed by atoms with E-state index in [0.717, 1.165) is 51.4 Å². The molecular weight excluding hydrogens is 765 g/mol. The van der Waals surface area contributed by atoms with Gasteiger partial charge in [-0.1, -0.05) is 152 Å². The third-order valence-electron chi connectivity index (χ3n) is 9.61. The van der Waals surface area contributed by atoms with Gasteiger partial charge in [-0.25, -0.2) is 0 Å². The smallest absolute Gasteiger partial charge is 0.306 e. The number of allylic oxidation sites excluding steroid dienone is 10. The Balaban J connectivity index is 2.52. The second-order valence-electron chi connectivity index (χ2n) is 15.0. The van der Waals surface area contributed by atoms with Gasteiger partial charge in [-0.15, -0.1) is 0 Å². The maximum Gasteiger partial charge on any atom is 0.306 e. The summed E-state index contributed by atoms with van der Waals surface area (Å²) in [6, 6.07) is 0. The first-order valence-corrected chi connectivity index (χ1v) is 23.5. The van der Waals surface area contributed by atoms with Gasteiger partial charge >= 0.3 is 11.9 Å². The molecule has 0 aromatic carbocycles. The zero-order valence-electron chi connectivity index (χ0n) is 35.4. The van der Waals surface area contributed by atoms with Gasteiger partial charge in [-0.05, 0) is 51.4 Å². The van der Waals surface area contributed by atoms with Crippen LogP contribution in [0.1, 0.15) is 155 Å². The number of carbonyl (C=O) groups excluding carboxylic acids is 2. The summed E-state index contributed by atoms with van der Waals surface area (Å²) in [5.41, 5.74) is 0. The van der Waals surface area contributed by atoms with Crippen molar-refractivity contribution in [2.45, 2.75) is 192 Å². The van der Waals surface area contributed by atoms with Crippen LogP contribution in [-0.2, 0) is 38.7 Å². The molecule has 1 aliphatic rings. The number of ether oxygens (including phenoxy) is 4. The minimum absolute atomic E-state index is 0.0849. The molecule has 334 valence electrons. The van der Waals surface area contributed by atoms with Gasteiger partial charge in [-0.2, -0.15) is 8.42 Å². The molecule has 0 aliphatic carbocycles. The van der Waals surface area contributed by atoms with Gasteiger partial charge in [0.25, 0.3) is 10.1 Å². The van der Waals surface area contributed by atoms with Crippen LogP contribution >= 0.6 is 0 Å². The molecule has 0 bridgehead atoms. The van der Waals surface area contributed by atoms with Gasteiger partial charge in [0.15, 0.2) is 12.4 Å². The van der Waals surface area contributed by atoms with Crippen LogP contribution in [0, 0.1) is 0 Å². The van der Waals surface area contributed by atoms with E-state index in [0.29, 0.717) is 19.3 Å². The largest absolute Gasteiger partial charge is 0.462 e. The highest BCUT2D eigenvalue weighted by Gasteiger charge is 2.46. The van der Waals surface area contributed by atoms with Crippen molar-refractivity contribution < 1.29 is 56.8 Å². The maximum atomic E-state index is 12.8. The lowest BCUT2D eigenvalue weighted by Gasteiger charge is -2.40. The topological polar surface area (TPSA) is 186 Å². The summed E-state index contributed by atoms with van der Waals surface area (Å²) in [7, 11) is -4.61. The number of aliphatic hydroxyl groups is 3. The Morgan fingerprint density at radius 1 is 0.603 bits per heavy atom. The van der Waals surface area contributed by atoms with E-state index in [1.807, 2.05) is 12.2 Å². The summed E-state index contributed by atoms with van der Waals surface area (Å²) in [5.74, 6) is -2.06. The van der Waals surface area contributed by atoms with Crippen molar-refractivity contribution in [3.8, 4) is 0 Å². The van der Waals surface area contributed by atoms with Crippen LogP contribution in [0.4, 0.5) is 0 Å². The quantitative estimate of drug-likeness (QED) is 0.0207. The van der Waals surface area contributed by atoms with Crippen molar-refractivity contribution in [1.29, 1.82) is 0 Å². The van der Waals surface area contributed by atoms with E-state index < -0.39 is 71.2 Å². The van der Waals surface area contributed by atoms with Gasteiger partial charge in [0.05, 0.1) is 6.61 Å². The molecule has 0 amide bonds. The third-order valence-corrected chi connectivity index (χ3v) is 10.4. The average Bonchev–Trinajstić information content (AvgIpc) is 3.18. The van der Waals surface area contributed by atoms with E-state index in [9.17, 15) is 37.9 Å². The van der Waals surface area contributed by atoms with E-state index in [4.69, 9.17) is 18.9 Å². The molecule has 1 heterocycles. The molecule has 6 unspecified atom stereocenters. The van der Waals surface area contributed by atoms with E-state index in [1.165, 1.54) is 57.8 Å². The molecule has 12 nitrogen and oxygen atoms in total. The van der Waals surface area contributed by atoms with Crippen LogP contribution in [-0.4, -0.2) is 96.0 Å². The number of carbonyl (C=O) groups is 2. The predicted molar refractivity (Wildman–Crippen MR) is 229 cm³/mol. The van der Waals surface area contributed by atoms with E-state index >= 15 is 0 Å². The van der Waals surface area contributed by atoms with Crippen molar-refractivity contribution in [2.24, 2.45) is 0 Å². The number of hydrogen-bond donors (Lipinski definition) is 4. The fraction of sp³-hybridized carbons (Fsp3) is 0.733. The summed E-state index contributed by atoms with van der Waals surface area (Å²) in [6.07, 6.45) is 32.7. The van der Waals surface area contributed by atoms with Gasteiger partial charge in [0, 0.05) is 12.8 Å². The molecule has 4 N–H and O–H groups in total. The molecule has 1 rings (SSSR count). The van der Waals surface area contributed by atoms with Crippen molar-refractivity contribution >= 4 is 22.1 Å². The second-order valence-corrected chi connectivity index (χ2v) is 16.5. The van der Waals surface area contributed by atoms with Crippen molar-refractivity contribution in [3.63, 3.8) is 0 Å². The lowest BCUT2D eigenvalue weighted by Crippen LogP contribution is -2.60. The summed E-state index contributed by atoms with van der Waals surface area (Å²) in [6.45, 7) is 3.58. The Hall–Kier alpha value is -2.65. The number of rotatable bonds is 35. The Morgan fingerprint density at radius 2 is 1.09 bits per heavy atom. The third kappa shape index (κ3) is 29.5. The molecule has 0 aromatic heterocycles. The molecule has 58 heavy (non-hydrogen) atoms. The first kappa shape index (κ1) is 53.4. The van der Waals surface area contributed by atoms with Gasteiger partial charge < -0.3 is 34.3 Å². The maximum absolute atomic E-state index is 12.8. The predicted octanol–water partition coefficient (Wildman–Crippen LogP) is 8.56. The summed E-state index contributed by atoms with van der Waals surface area (Å²) in [4.78, 5) is 25.3. The van der Waals surface area contributed by atoms with Gasteiger partial charge in [-0.3, -0.25) is 14.1 Å². The van der Waals surface area contributed by atoms with Crippen molar-refractivity contribution in [1.82, 2.24) is 0 Å². The normalized spacial score (nSPS) is 21.0. The Bertz CT molecular complexity index is 1310.